The van der Waals surface area contributed by atoms with E-state index in [4.69, 9.17) is 14.2 Å². The molecule has 0 spiro atoms. The molecule has 0 radical (unpaired) electrons. The van der Waals surface area contributed by atoms with Crippen LogP contribution in [-0.4, -0.2) is 37.2 Å². The second kappa shape index (κ2) is 50.8. The molecule has 0 aromatic heterocycles. The van der Waals surface area contributed by atoms with E-state index in [1.807, 2.05) is 0 Å². The smallest absolute Gasteiger partial charge is 0.306 e. The molecular formula is C56H98O6. The number of hydrogen-bond donors (Lipinski definition) is 0. The van der Waals surface area contributed by atoms with Gasteiger partial charge >= 0.3 is 17.9 Å². The Kier molecular flexibility index (Phi) is 48.4. The van der Waals surface area contributed by atoms with E-state index >= 15 is 0 Å². The van der Waals surface area contributed by atoms with E-state index in [2.05, 4.69) is 81.5 Å². The standard InChI is InChI=1S/C56H98O6/c1-4-7-10-13-16-19-22-24-26-27-28-29-30-32-34-37-40-43-46-49-55(58)61-52-53(51-60-54(57)48-45-42-39-36-33-21-18-15-12-9-6-3)62-56(59)50-47-44-41-38-35-31-25-23-20-17-14-11-8-5-2/h14,16-17,19,23-26,28-29,53H,4-13,15,18,20-22,27,30-52H2,1-3H3/b17-14-,19-16-,25-23-,26-24-,29-28-. The highest BCUT2D eigenvalue weighted by atomic mass is 16.6. The molecule has 0 saturated carbocycles. The van der Waals surface area contributed by atoms with Crippen LogP contribution < -0.4 is 0 Å². The number of unbranched alkanes of at least 4 members (excludes halogenated alkanes) is 26. The van der Waals surface area contributed by atoms with Crippen molar-refractivity contribution in [1.29, 1.82) is 0 Å². The molecule has 0 fully saturated rings. The van der Waals surface area contributed by atoms with Crippen LogP contribution in [0.3, 0.4) is 0 Å². The maximum absolute atomic E-state index is 12.8. The summed E-state index contributed by atoms with van der Waals surface area (Å²) in [5, 5.41) is 0. The van der Waals surface area contributed by atoms with Gasteiger partial charge in [-0.25, -0.2) is 0 Å². The summed E-state index contributed by atoms with van der Waals surface area (Å²) >= 11 is 0. The lowest BCUT2D eigenvalue weighted by molar-refractivity contribution is -0.167. The maximum atomic E-state index is 12.8. The Labute approximate surface area is 383 Å². The van der Waals surface area contributed by atoms with Gasteiger partial charge in [0.25, 0.3) is 0 Å². The zero-order valence-electron chi connectivity index (χ0n) is 40.9. The molecular weight excluding hydrogens is 769 g/mol. The van der Waals surface area contributed by atoms with Crippen molar-refractivity contribution >= 4 is 17.9 Å². The third kappa shape index (κ3) is 48.1. The van der Waals surface area contributed by atoms with E-state index in [1.165, 1.54) is 116 Å². The number of allylic oxidation sites excluding steroid dienone is 10. The van der Waals surface area contributed by atoms with Crippen LogP contribution in [0.1, 0.15) is 258 Å². The molecule has 6 nitrogen and oxygen atoms in total. The van der Waals surface area contributed by atoms with E-state index in [9.17, 15) is 14.4 Å². The number of ether oxygens (including phenoxy) is 3. The first-order valence-corrected chi connectivity index (χ1v) is 26.3. The van der Waals surface area contributed by atoms with E-state index < -0.39 is 6.10 Å². The molecule has 62 heavy (non-hydrogen) atoms. The van der Waals surface area contributed by atoms with Crippen molar-refractivity contribution in [2.24, 2.45) is 0 Å². The molecule has 6 heteroatoms. The summed E-state index contributed by atoms with van der Waals surface area (Å²) in [6.07, 6.45) is 62.0. The fourth-order valence-electron chi connectivity index (χ4n) is 7.23. The lowest BCUT2D eigenvalue weighted by Gasteiger charge is -2.18. The zero-order chi connectivity index (χ0) is 45.1. The van der Waals surface area contributed by atoms with Crippen molar-refractivity contribution in [3.8, 4) is 0 Å². The SMILES string of the molecule is CCCC/C=C\C/C=C\CCCCCCCC(=O)OC(COC(=O)CCCCCCCC/C=C\C/C=C\C/C=C\CCCCC)COC(=O)CCCCCCCCCCCCC. The number of carbonyl (C=O) groups is 3. The van der Waals surface area contributed by atoms with Crippen LogP contribution in [0.15, 0.2) is 60.8 Å². The summed E-state index contributed by atoms with van der Waals surface area (Å²) in [6.45, 7) is 6.55. The Morgan fingerprint density at radius 2 is 0.597 bits per heavy atom. The Balaban J connectivity index is 4.38. The minimum atomic E-state index is -0.784. The predicted molar refractivity (Wildman–Crippen MR) is 265 cm³/mol. The first kappa shape index (κ1) is 59.1. The molecule has 1 unspecified atom stereocenters. The van der Waals surface area contributed by atoms with Gasteiger partial charge in [0.1, 0.15) is 13.2 Å². The highest BCUT2D eigenvalue weighted by molar-refractivity contribution is 5.71. The molecule has 0 aliphatic heterocycles. The van der Waals surface area contributed by atoms with Gasteiger partial charge in [-0.1, -0.05) is 216 Å². The molecule has 0 aliphatic carbocycles. The summed E-state index contributed by atoms with van der Waals surface area (Å²) < 4.78 is 16.8. The highest BCUT2D eigenvalue weighted by Crippen LogP contribution is 2.14. The number of carbonyl (C=O) groups excluding carboxylic acids is 3. The van der Waals surface area contributed by atoms with Gasteiger partial charge in [-0.3, -0.25) is 14.4 Å². The molecule has 0 rings (SSSR count). The van der Waals surface area contributed by atoms with Crippen molar-refractivity contribution in [3.05, 3.63) is 60.8 Å². The molecule has 0 saturated heterocycles. The Morgan fingerprint density at radius 3 is 0.984 bits per heavy atom. The van der Waals surface area contributed by atoms with Crippen LogP contribution in [-0.2, 0) is 28.6 Å². The molecule has 0 aromatic rings. The van der Waals surface area contributed by atoms with Gasteiger partial charge in [-0.15, -0.1) is 0 Å². The Bertz CT molecular complexity index is 1130. The summed E-state index contributed by atoms with van der Waals surface area (Å²) in [6, 6.07) is 0. The van der Waals surface area contributed by atoms with Crippen LogP contribution >= 0.6 is 0 Å². The monoisotopic (exact) mass is 867 g/mol. The zero-order valence-corrected chi connectivity index (χ0v) is 40.9. The molecule has 0 N–H and O–H groups in total. The van der Waals surface area contributed by atoms with Crippen LogP contribution in [0.2, 0.25) is 0 Å². The first-order valence-electron chi connectivity index (χ1n) is 26.3. The van der Waals surface area contributed by atoms with E-state index in [1.54, 1.807) is 0 Å². The van der Waals surface area contributed by atoms with Gasteiger partial charge in [0, 0.05) is 19.3 Å². The van der Waals surface area contributed by atoms with Crippen molar-refractivity contribution in [1.82, 2.24) is 0 Å². The second-order valence-electron chi connectivity index (χ2n) is 17.4. The van der Waals surface area contributed by atoms with Gasteiger partial charge < -0.3 is 14.2 Å². The Hall–Kier alpha value is -2.89. The summed E-state index contributed by atoms with van der Waals surface area (Å²) in [4.78, 5) is 38.0. The summed E-state index contributed by atoms with van der Waals surface area (Å²) in [5.74, 6) is -0.906. The molecule has 0 amide bonds. The third-order valence-electron chi connectivity index (χ3n) is 11.2. The fraction of sp³-hybridized carbons (Fsp3) is 0.768. The average Bonchev–Trinajstić information content (AvgIpc) is 3.27. The molecule has 0 aromatic carbocycles. The minimum Gasteiger partial charge on any atom is -0.462 e. The Morgan fingerprint density at radius 1 is 0.323 bits per heavy atom. The normalized spacial score (nSPS) is 12.5. The largest absolute Gasteiger partial charge is 0.462 e. The third-order valence-corrected chi connectivity index (χ3v) is 11.2. The van der Waals surface area contributed by atoms with E-state index in [0.29, 0.717) is 19.3 Å². The topological polar surface area (TPSA) is 78.9 Å². The van der Waals surface area contributed by atoms with Gasteiger partial charge in [0.15, 0.2) is 6.10 Å². The lowest BCUT2D eigenvalue weighted by Crippen LogP contribution is -2.30. The second-order valence-corrected chi connectivity index (χ2v) is 17.4. The lowest BCUT2D eigenvalue weighted by atomic mass is 10.1. The van der Waals surface area contributed by atoms with Crippen molar-refractivity contribution < 1.29 is 28.6 Å². The van der Waals surface area contributed by atoms with Gasteiger partial charge in [0.05, 0.1) is 0 Å². The highest BCUT2D eigenvalue weighted by Gasteiger charge is 2.19. The van der Waals surface area contributed by atoms with Crippen molar-refractivity contribution in [3.63, 3.8) is 0 Å². The van der Waals surface area contributed by atoms with Crippen LogP contribution in [0.4, 0.5) is 0 Å². The minimum absolute atomic E-state index is 0.0827. The van der Waals surface area contributed by atoms with Crippen LogP contribution in [0.25, 0.3) is 0 Å². The molecule has 0 heterocycles. The first-order chi connectivity index (χ1) is 30.5. The van der Waals surface area contributed by atoms with E-state index in [-0.39, 0.29) is 31.1 Å². The van der Waals surface area contributed by atoms with Gasteiger partial charge in [-0.2, -0.15) is 0 Å². The van der Waals surface area contributed by atoms with Crippen LogP contribution in [0.5, 0.6) is 0 Å². The van der Waals surface area contributed by atoms with Gasteiger partial charge in [0.2, 0.25) is 0 Å². The molecule has 1 atom stereocenters. The number of rotatable bonds is 47. The number of hydrogen-bond acceptors (Lipinski definition) is 6. The molecule has 0 aliphatic rings. The maximum Gasteiger partial charge on any atom is 0.306 e. The summed E-state index contributed by atoms with van der Waals surface area (Å²) in [7, 11) is 0. The predicted octanol–water partition coefficient (Wildman–Crippen LogP) is 17.3. The molecule has 358 valence electrons. The number of esters is 3. The quantitative estimate of drug-likeness (QED) is 0.0262. The van der Waals surface area contributed by atoms with Gasteiger partial charge in [-0.05, 0) is 83.5 Å². The van der Waals surface area contributed by atoms with Crippen molar-refractivity contribution in [2.75, 3.05) is 13.2 Å². The average molecular weight is 867 g/mol. The van der Waals surface area contributed by atoms with E-state index in [0.717, 1.165) is 103 Å². The molecule has 0 bridgehead atoms. The fourth-order valence-corrected chi connectivity index (χ4v) is 7.23. The van der Waals surface area contributed by atoms with Crippen LogP contribution in [0, 0.1) is 0 Å². The van der Waals surface area contributed by atoms with Crippen molar-refractivity contribution in [2.45, 2.75) is 264 Å². The summed E-state index contributed by atoms with van der Waals surface area (Å²) in [5.41, 5.74) is 0.